The molecule has 32 heavy (non-hydrogen) atoms. The molecule has 1 heterocycles. The van der Waals surface area contributed by atoms with Crippen molar-refractivity contribution in [3.05, 3.63) is 64.9 Å². The van der Waals surface area contributed by atoms with Gasteiger partial charge in [-0.2, -0.15) is 0 Å². The second-order valence-electron chi connectivity index (χ2n) is 8.31. The lowest BCUT2D eigenvalue weighted by molar-refractivity contribution is -0.119. The van der Waals surface area contributed by atoms with Crippen LogP contribution in [0.5, 0.6) is 11.5 Å². The summed E-state index contributed by atoms with van der Waals surface area (Å²) < 4.78 is 5.58. The fourth-order valence-electron chi connectivity index (χ4n) is 4.63. The number of Topliss-reactive ketones (excluding diaryl/α,β-unsaturated/α-hetero) is 1. The van der Waals surface area contributed by atoms with Crippen molar-refractivity contribution in [2.45, 2.75) is 46.0 Å². The summed E-state index contributed by atoms with van der Waals surface area (Å²) in [5.74, 6) is -0.933. The van der Waals surface area contributed by atoms with Crippen molar-refractivity contribution in [1.29, 1.82) is 0 Å². The smallest absolute Gasteiger partial charge is 0.234 e. The molecule has 6 heteroatoms. The Morgan fingerprint density at radius 1 is 1.19 bits per heavy atom. The zero-order valence-corrected chi connectivity index (χ0v) is 18.6. The maximum absolute atomic E-state index is 13.6. The van der Waals surface area contributed by atoms with Crippen LogP contribution in [-0.4, -0.2) is 29.1 Å². The highest BCUT2D eigenvalue weighted by Crippen LogP contribution is 2.45. The van der Waals surface area contributed by atoms with Crippen molar-refractivity contribution >= 4 is 23.1 Å². The third kappa shape index (κ3) is 4.05. The number of hydrogen-bond donors (Lipinski definition) is 2. The molecule has 0 saturated carbocycles. The number of aryl methyl sites for hydroxylation is 1. The Morgan fingerprint density at radius 2 is 1.97 bits per heavy atom. The lowest BCUT2D eigenvalue weighted by Gasteiger charge is -2.35. The molecule has 1 amide bonds. The van der Waals surface area contributed by atoms with Crippen LogP contribution in [0, 0.1) is 12.8 Å². The van der Waals surface area contributed by atoms with Crippen LogP contribution in [0.3, 0.4) is 0 Å². The zero-order chi connectivity index (χ0) is 22.8. The van der Waals surface area contributed by atoms with Crippen molar-refractivity contribution in [3.63, 3.8) is 0 Å². The van der Waals surface area contributed by atoms with Crippen LogP contribution in [0.1, 0.15) is 50.2 Å². The normalized spacial score (nSPS) is 20.5. The molecule has 0 radical (unpaired) electrons. The van der Waals surface area contributed by atoms with Crippen LogP contribution in [0.25, 0.3) is 0 Å². The van der Waals surface area contributed by atoms with Crippen molar-refractivity contribution in [2.24, 2.45) is 10.9 Å². The number of ether oxygens (including phenoxy) is 1. The molecule has 0 spiro atoms. The number of allylic oxidation sites excluding steroid dienone is 2. The Morgan fingerprint density at radius 3 is 2.72 bits per heavy atom. The van der Waals surface area contributed by atoms with Crippen LogP contribution in [0.2, 0.25) is 0 Å². The molecule has 6 nitrogen and oxygen atoms in total. The van der Waals surface area contributed by atoms with Crippen LogP contribution in [0.4, 0.5) is 5.69 Å². The van der Waals surface area contributed by atoms with Gasteiger partial charge in [-0.3, -0.25) is 14.6 Å². The van der Waals surface area contributed by atoms with Gasteiger partial charge in [0.1, 0.15) is 0 Å². The molecule has 0 aromatic heterocycles. The molecule has 2 aliphatic rings. The minimum atomic E-state index is -0.644. The molecular formula is C26H28N2O4. The first-order valence-corrected chi connectivity index (χ1v) is 11.0. The second-order valence-corrected chi connectivity index (χ2v) is 8.31. The van der Waals surface area contributed by atoms with Crippen LogP contribution in [0.15, 0.2) is 58.7 Å². The molecule has 4 rings (SSSR count). The number of hydrogen-bond acceptors (Lipinski definition) is 5. The molecular weight excluding hydrogens is 404 g/mol. The highest BCUT2D eigenvalue weighted by molar-refractivity contribution is 6.13. The summed E-state index contributed by atoms with van der Waals surface area (Å²) in [7, 11) is 0. The van der Waals surface area contributed by atoms with E-state index >= 15 is 0 Å². The van der Waals surface area contributed by atoms with Gasteiger partial charge in [0, 0.05) is 35.0 Å². The molecule has 0 unspecified atom stereocenters. The van der Waals surface area contributed by atoms with E-state index in [9.17, 15) is 14.7 Å². The standard InChI is InChI=1S/C26H28N2O4/c1-4-32-22-14-17(12-13-20(22)29)24-23(26(31)28-18-9-6-5-8-15(18)2)16(3)27-19-10-7-11-21(30)25(19)24/h5-6,8-9,12-14,23-24,29H,4,7,10-11H2,1-3H3,(H,28,31)/t23-,24-/m0/s1. The Hall–Kier alpha value is -3.41. The van der Waals surface area contributed by atoms with E-state index in [1.807, 2.05) is 45.0 Å². The minimum Gasteiger partial charge on any atom is -0.504 e. The number of amides is 1. The number of nitrogens with one attached hydrogen (secondary N) is 1. The second kappa shape index (κ2) is 8.99. The van der Waals surface area contributed by atoms with Gasteiger partial charge in [0.2, 0.25) is 5.91 Å². The molecule has 2 atom stereocenters. The van der Waals surface area contributed by atoms with Gasteiger partial charge in [0.15, 0.2) is 17.3 Å². The van der Waals surface area contributed by atoms with Gasteiger partial charge in [0.05, 0.1) is 12.5 Å². The van der Waals surface area contributed by atoms with E-state index < -0.39 is 11.8 Å². The average molecular weight is 433 g/mol. The number of anilines is 1. The molecule has 0 fully saturated rings. The number of benzene rings is 2. The maximum atomic E-state index is 13.6. The number of nitrogens with zero attached hydrogens (tertiary/aromatic N) is 1. The number of ketones is 1. The number of carbonyl (C=O) groups is 2. The first kappa shape index (κ1) is 21.8. The van der Waals surface area contributed by atoms with E-state index in [1.54, 1.807) is 18.2 Å². The monoisotopic (exact) mass is 432 g/mol. The third-order valence-corrected chi connectivity index (χ3v) is 6.16. The van der Waals surface area contributed by atoms with Gasteiger partial charge in [-0.05, 0) is 62.9 Å². The van der Waals surface area contributed by atoms with Gasteiger partial charge in [0.25, 0.3) is 0 Å². The predicted molar refractivity (Wildman–Crippen MR) is 124 cm³/mol. The number of aliphatic imine (C=N–C) groups is 1. The molecule has 0 bridgehead atoms. The number of aromatic hydroxyl groups is 1. The summed E-state index contributed by atoms with van der Waals surface area (Å²) in [5.41, 5.74) is 4.52. The summed E-state index contributed by atoms with van der Waals surface area (Å²) in [4.78, 5) is 31.3. The fourth-order valence-corrected chi connectivity index (χ4v) is 4.63. The van der Waals surface area contributed by atoms with Gasteiger partial charge < -0.3 is 15.2 Å². The summed E-state index contributed by atoms with van der Waals surface area (Å²) in [5, 5.41) is 13.2. The number of rotatable bonds is 5. The van der Waals surface area contributed by atoms with Gasteiger partial charge in [-0.1, -0.05) is 24.3 Å². The number of para-hydroxylation sites is 1. The quantitative estimate of drug-likeness (QED) is 0.702. The van der Waals surface area contributed by atoms with E-state index in [0.29, 0.717) is 30.1 Å². The minimum absolute atomic E-state index is 0.0295. The largest absolute Gasteiger partial charge is 0.504 e. The maximum Gasteiger partial charge on any atom is 0.234 e. The SMILES string of the molecule is CCOc1cc([C@@H]2C3=C(CCCC3=O)N=C(C)[C@@H]2C(=O)Nc2ccccc2C)ccc1O. The Kier molecular flexibility index (Phi) is 6.12. The first-order chi connectivity index (χ1) is 15.4. The average Bonchev–Trinajstić information content (AvgIpc) is 2.76. The third-order valence-electron chi connectivity index (χ3n) is 6.16. The molecule has 166 valence electrons. The van der Waals surface area contributed by atoms with Gasteiger partial charge in [-0.25, -0.2) is 0 Å². The van der Waals surface area contributed by atoms with E-state index in [-0.39, 0.29) is 17.4 Å². The number of phenolic OH excluding ortho intramolecular Hbond substituents is 1. The van der Waals surface area contributed by atoms with E-state index in [4.69, 9.17) is 9.73 Å². The molecule has 1 aliphatic heterocycles. The van der Waals surface area contributed by atoms with Crippen LogP contribution < -0.4 is 10.1 Å². The predicted octanol–water partition coefficient (Wildman–Crippen LogP) is 4.92. The molecule has 0 saturated heterocycles. The Labute approximate surface area is 188 Å². The van der Waals surface area contributed by atoms with Crippen LogP contribution >= 0.6 is 0 Å². The number of carbonyl (C=O) groups excluding carboxylic acids is 2. The van der Waals surface area contributed by atoms with Gasteiger partial charge >= 0.3 is 0 Å². The number of phenols is 1. The highest BCUT2D eigenvalue weighted by Gasteiger charge is 2.42. The van der Waals surface area contributed by atoms with Crippen molar-refractivity contribution < 1.29 is 19.4 Å². The first-order valence-electron chi connectivity index (χ1n) is 11.0. The summed E-state index contributed by atoms with van der Waals surface area (Å²) in [6, 6.07) is 12.7. The molecule has 2 aromatic carbocycles. The van der Waals surface area contributed by atoms with Crippen molar-refractivity contribution in [3.8, 4) is 11.5 Å². The molecule has 2 N–H and O–H groups in total. The van der Waals surface area contributed by atoms with E-state index in [2.05, 4.69) is 5.32 Å². The lowest BCUT2D eigenvalue weighted by Crippen LogP contribution is -2.39. The highest BCUT2D eigenvalue weighted by atomic mass is 16.5. The van der Waals surface area contributed by atoms with Crippen molar-refractivity contribution in [2.75, 3.05) is 11.9 Å². The topological polar surface area (TPSA) is 88.0 Å². The lowest BCUT2D eigenvalue weighted by atomic mass is 9.71. The van der Waals surface area contributed by atoms with E-state index in [0.717, 1.165) is 35.4 Å². The van der Waals surface area contributed by atoms with Gasteiger partial charge in [-0.15, -0.1) is 0 Å². The Balaban J connectivity index is 1.81. The molecule has 2 aromatic rings. The summed E-state index contributed by atoms with van der Waals surface area (Å²) in [6.07, 6.45) is 1.94. The van der Waals surface area contributed by atoms with E-state index in [1.165, 1.54) is 0 Å². The zero-order valence-electron chi connectivity index (χ0n) is 18.6. The fraction of sp³-hybridized carbons (Fsp3) is 0.346. The summed E-state index contributed by atoms with van der Waals surface area (Å²) >= 11 is 0. The van der Waals surface area contributed by atoms with Crippen molar-refractivity contribution in [1.82, 2.24) is 0 Å². The summed E-state index contributed by atoms with van der Waals surface area (Å²) in [6.45, 7) is 6.02. The van der Waals surface area contributed by atoms with Crippen LogP contribution in [-0.2, 0) is 9.59 Å². The molecule has 1 aliphatic carbocycles. The Bertz CT molecular complexity index is 1130.